The van der Waals surface area contributed by atoms with Crippen molar-refractivity contribution in [2.75, 3.05) is 5.32 Å². The van der Waals surface area contributed by atoms with Crippen LogP contribution in [0.2, 0.25) is 0 Å². The molecule has 4 aliphatic carbocycles. The van der Waals surface area contributed by atoms with Crippen molar-refractivity contribution in [3.63, 3.8) is 0 Å². The van der Waals surface area contributed by atoms with Gasteiger partial charge in [0.15, 0.2) is 0 Å². The van der Waals surface area contributed by atoms with Gasteiger partial charge in [-0.05, 0) is 63.2 Å². The highest BCUT2D eigenvalue weighted by Gasteiger charge is 2.57. The first-order valence-electron chi connectivity index (χ1n) is 10.5. The Kier molecular flexibility index (Phi) is 3.38. The minimum absolute atomic E-state index is 0.230. The van der Waals surface area contributed by atoms with Gasteiger partial charge in [-0.15, -0.1) is 0 Å². The first-order chi connectivity index (χ1) is 13.5. The quantitative estimate of drug-likeness (QED) is 0.513. The number of hydrogen-bond acceptors (Lipinski definition) is 6. The van der Waals surface area contributed by atoms with E-state index in [0.717, 1.165) is 66.1 Å². The molecule has 146 valence electrons. The number of aliphatic hydroxyl groups is 1. The van der Waals surface area contributed by atoms with Crippen LogP contribution in [0.3, 0.4) is 0 Å². The van der Waals surface area contributed by atoms with Crippen molar-refractivity contribution in [2.24, 2.45) is 28.8 Å². The van der Waals surface area contributed by atoms with Gasteiger partial charge in [-0.2, -0.15) is 5.10 Å². The number of hydrogen-bond donors (Lipinski definition) is 3. The molecule has 28 heavy (non-hydrogen) atoms. The molecule has 8 heteroatoms. The van der Waals surface area contributed by atoms with E-state index in [1.54, 1.807) is 6.20 Å². The maximum Gasteiger partial charge on any atom is 0.475 e. The molecule has 0 aromatic carbocycles. The van der Waals surface area contributed by atoms with Crippen LogP contribution in [0.25, 0.3) is 0 Å². The molecule has 0 radical (unpaired) electrons. The maximum atomic E-state index is 11.6. The zero-order valence-electron chi connectivity index (χ0n) is 16.0. The minimum Gasteiger partial charge on any atom is -0.427 e. The number of nitrogens with zero attached hydrogens (tertiary/aromatic N) is 3. The van der Waals surface area contributed by atoms with Gasteiger partial charge < -0.3 is 15.4 Å². The number of hydrazone groups is 1. The topological polar surface area (TPSA) is 98.1 Å². The zero-order chi connectivity index (χ0) is 19.2. The molecular weight excluding hydrogens is 355 g/mol. The molecule has 4 bridgehead atoms. The van der Waals surface area contributed by atoms with Gasteiger partial charge in [-0.3, -0.25) is 4.79 Å². The second-order valence-corrected chi connectivity index (χ2v) is 9.73. The zero-order valence-corrected chi connectivity index (χ0v) is 16.0. The smallest absolute Gasteiger partial charge is 0.427 e. The standard InChI is InChI=1S/C20H25BN4O3/c1-10-2-14-17-15(8-22-19(14)23-10)21(28)25(9-26)24-18(17)16-12-3-11-4-13(16)7-20(27,5-11)6-12/h8-13,16,27-28H,2-7H2,1H3,(H,22,23). The number of carbonyl (C=O) groups is 1. The first kappa shape index (κ1) is 17.0. The predicted molar refractivity (Wildman–Crippen MR) is 105 cm³/mol. The lowest BCUT2D eigenvalue weighted by Gasteiger charge is -2.58. The molecule has 1 amide bonds. The fourth-order valence-electron chi connectivity index (χ4n) is 7.10. The largest absolute Gasteiger partial charge is 0.475 e. The Morgan fingerprint density at radius 1 is 1.32 bits per heavy atom. The van der Waals surface area contributed by atoms with E-state index in [9.17, 15) is 14.9 Å². The number of nitrogens with one attached hydrogen (secondary N) is 1. The number of anilines is 1. The van der Waals surface area contributed by atoms with E-state index in [0.29, 0.717) is 29.6 Å². The summed E-state index contributed by atoms with van der Waals surface area (Å²) in [6.07, 6.45) is 7.98. The van der Waals surface area contributed by atoms with Gasteiger partial charge in [0, 0.05) is 34.7 Å². The van der Waals surface area contributed by atoms with E-state index in [4.69, 9.17) is 0 Å². The molecule has 1 aromatic heterocycles. The molecule has 4 fully saturated rings. The number of amides is 1. The van der Waals surface area contributed by atoms with E-state index in [1.165, 1.54) is 0 Å². The first-order valence-corrected chi connectivity index (χ1v) is 10.5. The van der Waals surface area contributed by atoms with Crippen molar-refractivity contribution in [2.45, 2.75) is 57.1 Å². The van der Waals surface area contributed by atoms with Gasteiger partial charge in [0.1, 0.15) is 5.82 Å². The molecule has 3 atom stereocenters. The highest BCUT2D eigenvalue weighted by Crippen LogP contribution is 2.59. The van der Waals surface area contributed by atoms with Crippen molar-refractivity contribution < 1.29 is 14.9 Å². The number of pyridine rings is 1. The van der Waals surface area contributed by atoms with Crippen LogP contribution in [-0.4, -0.2) is 50.8 Å². The average Bonchev–Trinajstić information content (AvgIpc) is 3.01. The van der Waals surface area contributed by atoms with Gasteiger partial charge in [-0.1, -0.05) is 0 Å². The van der Waals surface area contributed by atoms with Crippen LogP contribution < -0.4 is 10.8 Å². The van der Waals surface area contributed by atoms with Crippen LogP contribution in [0.15, 0.2) is 11.3 Å². The van der Waals surface area contributed by atoms with Crippen LogP contribution >= 0.6 is 0 Å². The van der Waals surface area contributed by atoms with Gasteiger partial charge in [0.2, 0.25) is 6.41 Å². The summed E-state index contributed by atoms with van der Waals surface area (Å²) in [5.41, 5.74) is 3.21. The van der Waals surface area contributed by atoms with Crippen LogP contribution in [-0.2, 0) is 11.2 Å². The Labute approximate surface area is 164 Å². The third kappa shape index (κ3) is 2.21. The number of aromatic nitrogens is 1. The number of fused-ring (bicyclic) bond motifs is 3. The summed E-state index contributed by atoms with van der Waals surface area (Å²) in [5, 5.41) is 29.8. The summed E-state index contributed by atoms with van der Waals surface area (Å²) in [6, 6.07) is 0.288. The Hall–Kier alpha value is -1.93. The van der Waals surface area contributed by atoms with Crippen molar-refractivity contribution in [3.05, 3.63) is 17.3 Å². The SMILES string of the molecule is CC1Cc2c(ncc3c2C(C2C4CC5CC2CC(O)(C5)C4)=NN(C=O)B3O)N1. The molecule has 3 unspecified atom stereocenters. The van der Waals surface area contributed by atoms with Gasteiger partial charge in [0.25, 0.3) is 0 Å². The second kappa shape index (κ2) is 5.57. The van der Waals surface area contributed by atoms with Crippen LogP contribution in [0.4, 0.5) is 5.82 Å². The minimum atomic E-state index is -1.09. The van der Waals surface area contributed by atoms with E-state index >= 15 is 0 Å². The monoisotopic (exact) mass is 380 g/mol. The van der Waals surface area contributed by atoms with Gasteiger partial charge >= 0.3 is 7.05 Å². The molecule has 0 saturated heterocycles. The highest BCUT2D eigenvalue weighted by atomic mass is 16.3. The van der Waals surface area contributed by atoms with Crippen molar-refractivity contribution in [1.82, 2.24) is 9.90 Å². The van der Waals surface area contributed by atoms with E-state index < -0.39 is 12.7 Å². The molecule has 7 nitrogen and oxygen atoms in total. The van der Waals surface area contributed by atoms with Crippen LogP contribution in [0, 0.1) is 23.7 Å². The summed E-state index contributed by atoms with van der Waals surface area (Å²) < 4.78 is 0. The van der Waals surface area contributed by atoms with Crippen molar-refractivity contribution in [3.8, 4) is 0 Å². The molecule has 1 aromatic rings. The third-order valence-electron chi connectivity index (χ3n) is 7.78. The fraction of sp³-hybridized carbons (Fsp3) is 0.650. The van der Waals surface area contributed by atoms with E-state index in [-0.39, 0.29) is 12.0 Å². The van der Waals surface area contributed by atoms with E-state index in [2.05, 4.69) is 22.3 Å². The molecule has 6 aliphatic rings. The third-order valence-corrected chi connectivity index (χ3v) is 7.78. The Morgan fingerprint density at radius 3 is 2.75 bits per heavy atom. The summed E-state index contributed by atoms with van der Waals surface area (Å²) in [6.45, 7) is 2.13. The maximum absolute atomic E-state index is 11.6. The Balaban J connectivity index is 1.50. The molecule has 7 rings (SSSR count). The average molecular weight is 380 g/mol. The summed E-state index contributed by atoms with van der Waals surface area (Å²) in [4.78, 5) is 17.3. The lowest BCUT2D eigenvalue weighted by Crippen LogP contribution is -2.59. The van der Waals surface area contributed by atoms with Crippen molar-refractivity contribution in [1.29, 1.82) is 0 Å². The second-order valence-electron chi connectivity index (χ2n) is 9.73. The molecule has 0 spiro atoms. The molecule has 2 aliphatic heterocycles. The van der Waals surface area contributed by atoms with Crippen LogP contribution in [0.5, 0.6) is 0 Å². The van der Waals surface area contributed by atoms with E-state index in [1.807, 2.05) is 0 Å². The summed E-state index contributed by atoms with van der Waals surface area (Å²) in [7, 11) is -1.09. The highest BCUT2D eigenvalue weighted by molar-refractivity contribution is 6.67. The molecular formula is C20H25BN4O3. The van der Waals surface area contributed by atoms with Gasteiger partial charge in [0.05, 0.1) is 11.3 Å². The molecule has 3 N–H and O–H groups in total. The van der Waals surface area contributed by atoms with Gasteiger partial charge in [-0.25, -0.2) is 9.90 Å². The number of rotatable bonds is 2. The Morgan fingerprint density at radius 2 is 2.07 bits per heavy atom. The molecule has 3 heterocycles. The fourth-order valence-corrected chi connectivity index (χ4v) is 7.10. The lowest BCUT2D eigenvalue weighted by molar-refractivity contribution is -0.138. The lowest BCUT2D eigenvalue weighted by atomic mass is 9.48. The Bertz CT molecular complexity index is 890. The molecule has 4 saturated carbocycles. The normalized spacial score (nSPS) is 40.1. The summed E-state index contributed by atoms with van der Waals surface area (Å²) >= 11 is 0. The predicted octanol–water partition coefficient (Wildman–Crippen LogP) is 0.489. The van der Waals surface area contributed by atoms with Crippen molar-refractivity contribution >= 4 is 30.5 Å². The summed E-state index contributed by atoms with van der Waals surface area (Å²) in [5.74, 6) is 2.49. The number of carbonyl (C=O) groups excluding carboxylic acids is 1. The van der Waals surface area contributed by atoms with Crippen LogP contribution in [0.1, 0.15) is 50.2 Å².